The van der Waals surface area contributed by atoms with E-state index in [0.717, 1.165) is 6.61 Å². The zero-order chi connectivity index (χ0) is 15.2. The second-order valence-corrected chi connectivity index (χ2v) is 6.93. The standard InChI is InChI=1S/C19H38O2/c1-3-4-5-6-7-8-9-10-11-12-13-14-15-16-19-18(2)17-20-21-19/h18-19H,3-17H2,1-2H3. The van der Waals surface area contributed by atoms with Gasteiger partial charge in [0.25, 0.3) is 0 Å². The second-order valence-electron chi connectivity index (χ2n) is 6.93. The molecule has 2 heteroatoms. The van der Waals surface area contributed by atoms with Crippen LogP contribution in [0, 0.1) is 5.92 Å². The maximum Gasteiger partial charge on any atom is 0.0978 e. The zero-order valence-electron chi connectivity index (χ0n) is 14.6. The first-order valence-electron chi connectivity index (χ1n) is 9.63. The Balaban J connectivity index is 1.71. The lowest BCUT2D eigenvalue weighted by Crippen LogP contribution is -2.13. The molecule has 0 N–H and O–H groups in total. The van der Waals surface area contributed by atoms with Crippen molar-refractivity contribution in [3.05, 3.63) is 0 Å². The third-order valence-corrected chi connectivity index (χ3v) is 4.75. The fraction of sp³-hybridized carbons (Fsp3) is 1.00. The second kappa shape index (κ2) is 13.6. The van der Waals surface area contributed by atoms with Crippen LogP contribution in [0.25, 0.3) is 0 Å². The van der Waals surface area contributed by atoms with E-state index in [2.05, 4.69) is 13.8 Å². The first-order valence-corrected chi connectivity index (χ1v) is 9.63. The normalized spacial score (nSPS) is 22.0. The van der Waals surface area contributed by atoms with E-state index in [1.54, 1.807) is 0 Å². The maximum absolute atomic E-state index is 5.27. The van der Waals surface area contributed by atoms with Gasteiger partial charge in [-0.1, -0.05) is 97.3 Å². The first kappa shape index (κ1) is 19.0. The Morgan fingerprint density at radius 3 is 1.62 bits per heavy atom. The Morgan fingerprint density at radius 2 is 1.19 bits per heavy atom. The molecule has 0 aromatic heterocycles. The number of hydrogen-bond donors (Lipinski definition) is 0. The highest BCUT2D eigenvalue weighted by Gasteiger charge is 2.25. The summed E-state index contributed by atoms with van der Waals surface area (Å²) in [5.41, 5.74) is 0. The lowest BCUT2D eigenvalue weighted by Gasteiger charge is -2.10. The van der Waals surface area contributed by atoms with E-state index in [-0.39, 0.29) is 0 Å². The van der Waals surface area contributed by atoms with E-state index >= 15 is 0 Å². The quantitative estimate of drug-likeness (QED) is 0.271. The van der Waals surface area contributed by atoms with Gasteiger partial charge in [-0.05, 0) is 6.42 Å². The molecule has 1 aliphatic heterocycles. The van der Waals surface area contributed by atoms with Crippen LogP contribution in [0.1, 0.15) is 104 Å². The number of rotatable bonds is 14. The summed E-state index contributed by atoms with van der Waals surface area (Å²) >= 11 is 0. The predicted octanol–water partition coefficient (Wildman–Crippen LogP) is 6.43. The molecule has 1 heterocycles. The number of hydrogen-bond acceptors (Lipinski definition) is 2. The molecular weight excluding hydrogens is 260 g/mol. The predicted molar refractivity (Wildman–Crippen MR) is 90.3 cm³/mol. The van der Waals surface area contributed by atoms with E-state index in [0.29, 0.717) is 12.0 Å². The summed E-state index contributed by atoms with van der Waals surface area (Å²) in [5, 5.41) is 0. The Labute approximate surface area is 132 Å². The van der Waals surface area contributed by atoms with Crippen molar-refractivity contribution in [3.8, 4) is 0 Å². The van der Waals surface area contributed by atoms with Gasteiger partial charge >= 0.3 is 0 Å². The molecule has 0 aliphatic carbocycles. The first-order chi connectivity index (χ1) is 10.3. The van der Waals surface area contributed by atoms with Crippen LogP contribution in [0.15, 0.2) is 0 Å². The molecule has 2 nitrogen and oxygen atoms in total. The van der Waals surface area contributed by atoms with Crippen LogP contribution in [0.2, 0.25) is 0 Å². The molecule has 0 bridgehead atoms. The Hall–Kier alpha value is -0.0800. The Kier molecular flexibility index (Phi) is 12.3. The lowest BCUT2D eigenvalue weighted by atomic mass is 9.99. The summed E-state index contributed by atoms with van der Waals surface area (Å²) in [4.78, 5) is 10.3. The van der Waals surface area contributed by atoms with Crippen LogP contribution in [-0.4, -0.2) is 12.7 Å². The van der Waals surface area contributed by atoms with E-state index in [1.165, 1.54) is 89.9 Å². The largest absolute Gasteiger partial charge is 0.236 e. The average molecular weight is 299 g/mol. The van der Waals surface area contributed by atoms with E-state index in [9.17, 15) is 0 Å². The fourth-order valence-corrected chi connectivity index (χ4v) is 3.13. The van der Waals surface area contributed by atoms with Crippen LogP contribution in [0.5, 0.6) is 0 Å². The van der Waals surface area contributed by atoms with Crippen molar-refractivity contribution in [2.45, 2.75) is 110 Å². The fourth-order valence-electron chi connectivity index (χ4n) is 3.13. The van der Waals surface area contributed by atoms with E-state index in [4.69, 9.17) is 9.78 Å². The summed E-state index contributed by atoms with van der Waals surface area (Å²) in [7, 11) is 0. The molecule has 0 spiro atoms. The van der Waals surface area contributed by atoms with Crippen LogP contribution in [0.3, 0.4) is 0 Å². The van der Waals surface area contributed by atoms with Gasteiger partial charge in [-0.2, -0.15) is 0 Å². The van der Waals surface area contributed by atoms with Gasteiger partial charge in [0.2, 0.25) is 0 Å². The van der Waals surface area contributed by atoms with Crippen molar-refractivity contribution in [3.63, 3.8) is 0 Å². The van der Waals surface area contributed by atoms with Gasteiger partial charge in [-0.25, -0.2) is 9.78 Å². The van der Waals surface area contributed by atoms with Crippen molar-refractivity contribution < 1.29 is 9.78 Å². The molecule has 2 atom stereocenters. The van der Waals surface area contributed by atoms with E-state index in [1.807, 2.05) is 0 Å². The molecule has 0 amide bonds. The van der Waals surface area contributed by atoms with Crippen LogP contribution in [-0.2, 0) is 9.78 Å². The maximum atomic E-state index is 5.27. The lowest BCUT2D eigenvalue weighted by molar-refractivity contribution is -0.275. The molecule has 0 radical (unpaired) electrons. The van der Waals surface area contributed by atoms with Gasteiger partial charge in [-0.15, -0.1) is 0 Å². The number of unbranched alkanes of at least 4 members (excludes halogenated alkanes) is 12. The van der Waals surface area contributed by atoms with Gasteiger partial charge in [0.15, 0.2) is 0 Å². The Bertz CT molecular complexity index is 218. The highest BCUT2D eigenvalue weighted by molar-refractivity contribution is 4.67. The highest BCUT2D eigenvalue weighted by atomic mass is 17.2. The van der Waals surface area contributed by atoms with Crippen LogP contribution in [0.4, 0.5) is 0 Å². The minimum atomic E-state index is 0.359. The van der Waals surface area contributed by atoms with Crippen molar-refractivity contribution >= 4 is 0 Å². The van der Waals surface area contributed by atoms with Crippen molar-refractivity contribution in [2.75, 3.05) is 6.61 Å². The highest BCUT2D eigenvalue weighted by Crippen LogP contribution is 2.22. The third kappa shape index (κ3) is 10.3. The molecule has 1 saturated heterocycles. The van der Waals surface area contributed by atoms with Gasteiger partial charge in [0.1, 0.15) is 0 Å². The average Bonchev–Trinajstić information content (AvgIpc) is 2.89. The minimum Gasteiger partial charge on any atom is -0.236 e. The van der Waals surface area contributed by atoms with Crippen LogP contribution < -0.4 is 0 Å². The molecule has 0 aromatic carbocycles. The molecular formula is C19H38O2. The molecule has 0 aromatic rings. The summed E-state index contributed by atoms with van der Waals surface area (Å²) in [6.45, 7) is 5.29. The molecule has 1 rings (SSSR count). The monoisotopic (exact) mass is 298 g/mol. The third-order valence-electron chi connectivity index (χ3n) is 4.75. The minimum absolute atomic E-state index is 0.359. The van der Waals surface area contributed by atoms with Crippen LogP contribution >= 0.6 is 0 Å². The SMILES string of the molecule is CCCCCCCCCCCCCCCC1OOCC1C. The molecule has 21 heavy (non-hydrogen) atoms. The van der Waals surface area contributed by atoms with Crippen molar-refractivity contribution in [1.29, 1.82) is 0 Å². The molecule has 126 valence electrons. The topological polar surface area (TPSA) is 18.5 Å². The molecule has 1 fully saturated rings. The Morgan fingerprint density at radius 1 is 0.714 bits per heavy atom. The van der Waals surface area contributed by atoms with Gasteiger partial charge in [-0.3, -0.25) is 0 Å². The molecule has 1 aliphatic rings. The van der Waals surface area contributed by atoms with Crippen molar-refractivity contribution in [1.82, 2.24) is 0 Å². The van der Waals surface area contributed by atoms with Crippen molar-refractivity contribution in [2.24, 2.45) is 5.92 Å². The smallest absolute Gasteiger partial charge is 0.0978 e. The summed E-state index contributed by atoms with van der Waals surface area (Å²) < 4.78 is 0. The molecule has 2 unspecified atom stereocenters. The van der Waals surface area contributed by atoms with Gasteiger partial charge in [0, 0.05) is 5.92 Å². The zero-order valence-corrected chi connectivity index (χ0v) is 14.6. The summed E-state index contributed by atoms with van der Waals surface area (Å²) in [6.07, 6.45) is 20.0. The van der Waals surface area contributed by atoms with Gasteiger partial charge < -0.3 is 0 Å². The van der Waals surface area contributed by atoms with Gasteiger partial charge in [0.05, 0.1) is 12.7 Å². The van der Waals surface area contributed by atoms with E-state index < -0.39 is 0 Å². The summed E-state index contributed by atoms with van der Waals surface area (Å²) in [6, 6.07) is 0. The summed E-state index contributed by atoms with van der Waals surface area (Å²) in [5.74, 6) is 0.585. The molecule has 0 saturated carbocycles.